The second-order valence-electron chi connectivity index (χ2n) is 8.88. The van der Waals surface area contributed by atoms with Gasteiger partial charge in [0.1, 0.15) is 0 Å². The Morgan fingerprint density at radius 2 is 1.83 bits per heavy atom. The van der Waals surface area contributed by atoms with Gasteiger partial charge in [-0.05, 0) is 0 Å². The molecule has 0 bridgehead atoms. The number of hydrogen-bond donors (Lipinski definition) is 1. The SMILES string of the molecule is CC[C@H](O)c1ccccc1[Se]C[C@]1(c2ccccc2)CCCN1C(=O)OC(C)(C)C. The minimum absolute atomic E-state index is 0.104. The predicted molar refractivity (Wildman–Crippen MR) is 122 cm³/mol. The number of nitrogens with zero attached hydrogens (tertiary/aromatic N) is 1. The van der Waals surface area contributed by atoms with E-state index < -0.39 is 11.7 Å². The van der Waals surface area contributed by atoms with Crippen LogP contribution in [0.2, 0.25) is 5.32 Å². The molecule has 1 aliphatic rings. The van der Waals surface area contributed by atoms with Crippen molar-refractivity contribution in [2.45, 2.75) is 69.5 Å². The number of carbonyl (C=O) groups excluding carboxylic acids is 1. The van der Waals surface area contributed by atoms with E-state index in [1.165, 1.54) is 10.0 Å². The molecule has 30 heavy (non-hydrogen) atoms. The number of ether oxygens (including phenoxy) is 1. The van der Waals surface area contributed by atoms with E-state index in [0.717, 1.165) is 23.7 Å². The third kappa shape index (κ3) is 5.08. The van der Waals surface area contributed by atoms with Crippen LogP contribution in [0.25, 0.3) is 0 Å². The number of hydrogen-bond acceptors (Lipinski definition) is 3. The third-order valence-corrected chi connectivity index (χ3v) is 8.28. The first kappa shape index (κ1) is 22.9. The van der Waals surface area contributed by atoms with Crippen LogP contribution in [0.1, 0.15) is 64.2 Å². The van der Waals surface area contributed by atoms with Gasteiger partial charge in [0.05, 0.1) is 0 Å². The molecule has 1 fully saturated rings. The zero-order valence-corrected chi connectivity index (χ0v) is 20.1. The standard InChI is InChI=1S/C25H33NO3Se/c1-5-21(27)20-14-9-10-15-22(20)30-18-25(19-12-7-6-8-13-19)16-11-17-26(25)23(28)29-24(2,3)4/h6-10,12-15,21,27H,5,11,16-18H2,1-4H3/t21-,25-/m0/s1. The summed E-state index contributed by atoms with van der Waals surface area (Å²) in [6.45, 7) is 8.45. The van der Waals surface area contributed by atoms with Crippen LogP contribution in [0.15, 0.2) is 54.6 Å². The molecular formula is C25H33NO3Se. The summed E-state index contributed by atoms with van der Waals surface area (Å²) in [5, 5.41) is 11.3. The van der Waals surface area contributed by atoms with Gasteiger partial charge in [0, 0.05) is 0 Å². The molecule has 1 heterocycles. The van der Waals surface area contributed by atoms with Crippen LogP contribution in [0.5, 0.6) is 0 Å². The summed E-state index contributed by atoms with van der Waals surface area (Å²) in [6, 6.07) is 18.6. The second-order valence-corrected chi connectivity index (χ2v) is 11.0. The van der Waals surface area contributed by atoms with Crippen molar-refractivity contribution < 1.29 is 14.6 Å². The number of amides is 1. The quantitative estimate of drug-likeness (QED) is 0.612. The maximum absolute atomic E-state index is 13.2. The summed E-state index contributed by atoms with van der Waals surface area (Å²) >= 11 is 0.104. The van der Waals surface area contributed by atoms with Crippen LogP contribution < -0.4 is 4.46 Å². The van der Waals surface area contributed by atoms with Crippen molar-refractivity contribution in [1.29, 1.82) is 0 Å². The molecule has 0 spiro atoms. The van der Waals surface area contributed by atoms with E-state index in [2.05, 4.69) is 18.2 Å². The molecule has 2 aromatic rings. The molecule has 1 amide bonds. The second kappa shape index (κ2) is 9.55. The number of aliphatic hydroxyl groups is 1. The molecule has 0 aromatic heterocycles. The molecule has 0 aliphatic carbocycles. The Morgan fingerprint density at radius 3 is 2.50 bits per heavy atom. The van der Waals surface area contributed by atoms with Gasteiger partial charge < -0.3 is 0 Å². The van der Waals surface area contributed by atoms with Crippen LogP contribution in [0.4, 0.5) is 4.79 Å². The molecule has 0 radical (unpaired) electrons. The molecule has 1 N–H and O–H groups in total. The van der Waals surface area contributed by atoms with Gasteiger partial charge in [-0.2, -0.15) is 0 Å². The fraction of sp³-hybridized carbons (Fsp3) is 0.480. The molecule has 2 atom stereocenters. The van der Waals surface area contributed by atoms with E-state index in [4.69, 9.17) is 4.74 Å². The third-order valence-electron chi connectivity index (χ3n) is 5.54. The molecule has 5 heteroatoms. The van der Waals surface area contributed by atoms with Crippen molar-refractivity contribution in [3.05, 3.63) is 65.7 Å². The number of carbonyl (C=O) groups is 1. The first-order valence-corrected chi connectivity index (χ1v) is 12.8. The molecule has 1 saturated heterocycles. The monoisotopic (exact) mass is 475 g/mol. The van der Waals surface area contributed by atoms with Gasteiger partial charge in [-0.15, -0.1) is 0 Å². The fourth-order valence-electron chi connectivity index (χ4n) is 4.05. The Hall–Kier alpha value is -1.81. The maximum atomic E-state index is 13.2. The predicted octanol–water partition coefficient (Wildman–Crippen LogP) is 4.80. The molecule has 162 valence electrons. The molecule has 0 saturated carbocycles. The average Bonchev–Trinajstić information content (AvgIpc) is 3.17. The van der Waals surface area contributed by atoms with Gasteiger partial charge in [-0.3, -0.25) is 0 Å². The van der Waals surface area contributed by atoms with Gasteiger partial charge in [-0.25, -0.2) is 0 Å². The van der Waals surface area contributed by atoms with Crippen molar-refractivity contribution in [3.8, 4) is 0 Å². The van der Waals surface area contributed by atoms with Gasteiger partial charge in [0.15, 0.2) is 0 Å². The summed E-state index contributed by atoms with van der Waals surface area (Å²) in [7, 11) is 0. The van der Waals surface area contributed by atoms with Gasteiger partial charge >= 0.3 is 187 Å². The van der Waals surface area contributed by atoms with E-state index in [0.29, 0.717) is 13.0 Å². The molecule has 3 rings (SSSR count). The topological polar surface area (TPSA) is 49.8 Å². The first-order valence-electron chi connectivity index (χ1n) is 10.7. The summed E-state index contributed by atoms with van der Waals surface area (Å²) in [5.74, 6) is 0. The van der Waals surface area contributed by atoms with Crippen LogP contribution in [0.3, 0.4) is 0 Å². The first-order chi connectivity index (χ1) is 14.3. The Balaban J connectivity index is 1.94. The Bertz CT molecular complexity index is 849. The van der Waals surface area contributed by atoms with Crippen molar-refractivity contribution in [3.63, 3.8) is 0 Å². The molecule has 0 unspecified atom stereocenters. The van der Waals surface area contributed by atoms with Crippen LogP contribution >= 0.6 is 0 Å². The minimum atomic E-state index is -0.523. The van der Waals surface area contributed by atoms with E-state index in [1.807, 2.05) is 69.0 Å². The molecule has 1 aliphatic heterocycles. The summed E-state index contributed by atoms with van der Waals surface area (Å²) in [6.07, 6.45) is 1.91. The zero-order valence-electron chi connectivity index (χ0n) is 18.4. The Morgan fingerprint density at radius 1 is 1.17 bits per heavy atom. The fourth-order valence-corrected chi connectivity index (χ4v) is 7.00. The molecule has 2 aromatic carbocycles. The number of likely N-dealkylation sites (tertiary alicyclic amines) is 1. The van der Waals surface area contributed by atoms with Gasteiger partial charge in [-0.1, -0.05) is 0 Å². The van der Waals surface area contributed by atoms with Crippen LogP contribution in [-0.2, 0) is 10.3 Å². The van der Waals surface area contributed by atoms with Crippen molar-refractivity contribution >= 4 is 25.5 Å². The van der Waals surface area contributed by atoms with Crippen molar-refractivity contribution in [2.75, 3.05) is 6.54 Å². The number of benzene rings is 2. The van der Waals surface area contributed by atoms with E-state index in [1.54, 1.807) is 0 Å². The van der Waals surface area contributed by atoms with E-state index in [9.17, 15) is 9.90 Å². The zero-order chi connectivity index (χ0) is 21.8. The Labute approximate surface area is 186 Å². The number of rotatable bonds is 6. The van der Waals surface area contributed by atoms with Crippen molar-refractivity contribution in [2.24, 2.45) is 0 Å². The molecule has 4 nitrogen and oxygen atoms in total. The van der Waals surface area contributed by atoms with Gasteiger partial charge in [0.2, 0.25) is 0 Å². The van der Waals surface area contributed by atoms with E-state index >= 15 is 0 Å². The van der Waals surface area contributed by atoms with Crippen LogP contribution in [0, 0.1) is 0 Å². The van der Waals surface area contributed by atoms with Crippen LogP contribution in [-0.4, -0.2) is 43.2 Å². The normalized spacial score (nSPS) is 20.2. The average molecular weight is 475 g/mol. The summed E-state index contributed by atoms with van der Waals surface area (Å²) in [4.78, 5) is 15.1. The summed E-state index contributed by atoms with van der Waals surface area (Å²) in [5.41, 5.74) is 1.30. The van der Waals surface area contributed by atoms with Gasteiger partial charge in [0.25, 0.3) is 0 Å². The van der Waals surface area contributed by atoms with E-state index in [-0.39, 0.29) is 26.6 Å². The Kier molecular flexibility index (Phi) is 7.28. The van der Waals surface area contributed by atoms with Crippen molar-refractivity contribution in [1.82, 2.24) is 4.90 Å². The molecular weight excluding hydrogens is 441 g/mol. The summed E-state index contributed by atoms with van der Waals surface area (Å²) < 4.78 is 7.00. The number of aliphatic hydroxyl groups excluding tert-OH is 1.